The fourth-order valence-corrected chi connectivity index (χ4v) is 1.59. The molecule has 16 heavy (non-hydrogen) atoms. The third-order valence-electron chi connectivity index (χ3n) is 1.90. The van der Waals surface area contributed by atoms with Crippen molar-refractivity contribution >= 4 is 15.9 Å². The molecular formula is C12H17BrO3. The smallest absolute Gasteiger partial charge is 0.154 e. The highest BCUT2D eigenvalue weighted by atomic mass is 79.9. The average Bonchev–Trinajstić information content (AvgIpc) is 2.25. The molecule has 0 saturated heterocycles. The van der Waals surface area contributed by atoms with E-state index in [0.29, 0.717) is 19.8 Å². The molecular weight excluding hydrogens is 272 g/mol. The Morgan fingerprint density at radius 2 is 2.06 bits per heavy atom. The van der Waals surface area contributed by atoms with Gasteiger partial charge < -0.3 is 14.2 Å². The first-order chi connectivity index (χ1) is 7.72. The predicted octanol–water partition coefficient (Wildman–Crippen LogP) is 3.23. The summed E-state index contributed by atoms with van der Waals surface area (Å²) in [6.45, 7) is 5.52. The van der Waals surface area contributed by atoms with Gasteiger partial charge in [0.05, 0.1) is 6.61 Å². The van der Waals surface area contributed by atoms with Gasteiger partial charge in [-0.05, 0) is 32.0 Å². The molecule has 0 fully saturated rings. The predicted molar refractivity (Wildman–Crippen MR) is 66.7 cm³/mol. The molecule has 0 spiro atoms. The second-order valence-electron chi connectivity index (χ2n) is 3.20. The molecule has 1 unspecified atom stereocenters. The highest BCUT2D eigenvalue weighted by Crippen LogP contribution is 2.17. The van der Waals surface area contributed by atoms with E-state index in [1.54, 1.807) is 0 Å². The third-order valence-corrected chi connectivity index (χ3v) is 2.40. The minimum absolute atomic E-state index is 0.170. The Bertz CT molecular complexity index is 304. The number of rotatable bonds is 7. The van der Waals surface area contributed by atoms with Crippen LogP contribution in [0.25, 0.3) is 0 Å². The molecule has 90 valence electrons. The maximum Gasteiger partial charge on any atom is 0.154 e. The first-order valence-electron chi connectivity index (χ1n) is 5.34. The van der Waals surface area contributed by atoms with Crippen LogP contribution in [0.2, 0.25) is 0 Å². The van der Waals surface area contributed by atoms with Crippen LogP contribution in [0.3, 0.4) is 0 Å². The van der Waals surface area contributed by atoms with Crippen molar-refractivity contribution in [3.8, 4) is 5.75 Å². The van der Waals surface area contributed by atoms with Crippen molar-refractivity contribution in [2.45, 2.75) is 20.1 Å². The maximum atomic E-state index is 5.50. The zero-order valence-corrected chi connectivity index (χ0v) is 11.2. The Morgan fingerprint density at radius 1 is 1.25 bits per heavy atom. The molecule has 0 amide bonds. The van der Waals surface area contributed by atoms with Crippen LogP contribution in [0.4, 0.5) is 0 Å². The molecule has 1 rings (SSSR count). The summed E-state index contributed by atoms with van der Waals surface area (Å²) in [5.41, 5.74) is 0. The number of benzene rings is 1. The van der Waals surface area contributed by atoms with E-state index in [0.717, 1.165) is 10.2 Å². The normalized spacial score (nSPS) is 12.4. The summed E-state index contributed by atoms with van der Waals surface area (Å²) >= 11 is 3.38. The SMILES string of the molecule is CCOC(C)OCCOc1cccc(Br)c1. The molecule has 1 aromatic rings. The highest BCUT2D eigenvalue weighted by molar-refractivity contribution is 9.10. The summed E-state index contributed by atoms with van der Waals surface area (Å²) < 4.78 is 17.1. The fourth-order valence-electron chi connectivity index (χ4n) is 1.21. The molecule has 0 aliphatic rings. The van der Waals surface area contributed by atoms with Crippen molar-refractivity contribution in [1.82, 2.24) is 0 Å². The van der Waals surface area contributed by atoms with Gasteiger partial charge in [0, 0.05) is 11.1 Å². The van der Waals surface area contributed by atoms with Gasteiger partial charge >= 0.3 is 0 Å². The summed E-state index contributed by atoms with van der Waals surface area (Å²) in [4.78, 5) is 0. The van der Waals surface area contributed by atoms with Crippen LogP contribution in [0.5, 0.6) is 5.75 Å². The molecule has 3 nitrogen and oxygen atoms in total. The number of hydrogen-bond acceptors (Lipinski definition) is 3. The zero-order valence-electron chi connectivity index (χ0n) is 9.61. The molecule has 0 aromatic heterocycles. The number of halogens is 1. The Balaban J connectivity index is 2.16. The fraction of sp³-hybridized carbons (Fsp3) is 0.500. The van der Waals surface area contributed by atoms with Gasteiger partial charge in [-0.1, -0.05) is 22.0 Å². The third kappa shape index (κ3) is 5.49. The van der Waals surface area contributed by atoms with Gasteiger partial charge in [-0.2, -0.15) is 0 Å². The van der Waals surface area contributed by atoms with Gasteiger partial charge in [0.2, 0.25) is 0 Å². The van der Waals surface area contributed by atoms with Gasteiger partial charge in [-0.15, -0.1) is 0 Å². The van der Waals surface area contributed by atoms with Gasteiger partial charge in [0.1, 0.15) is 12.4 Å². The van der Waals surface area contributed by atoms with Crippen LogP contribution in [-0.4, -0.2) is 26.1 Å². The maximum absolute atomic E-state index is 5.50. The van der Waals surface area contributed by atoms with Crippen LogP contribution in [0.15, 0.2) is 28.7 Å². The standard InChI is InChI=1S/C12H17BrO3/c1-3-14-10(2)15-7-8-16-12-6-4-5-11(13)9-12/h4-6,9-10H,3,7-8H2,1-2H3. The molecule has 0 bridgehead atoms. The van der Waals surface area contributed by atoms with Crippen molar-refractivity contribution in [2.75, 3.05) is 19.8 Å². The molecule has 0 heterocycles. The molecule has 1 atom stereocenters. The van der Waals surface area contributed by atoms with Crippen LogP contribution in [0, 0.1) is 0 Å². The van der Waals surface area contributed by atoms with Gasteiger partial charge in [0.25, 0.3) is 0 Å². The van der Waals surface area contributed by atoms with Crippen molar-refractivity contribution in [3.63, 3.8) is 0 Å². The molecule has 0 saturated carbocycles. The molecule has 1 aromatic carbocycles. The van der Waals surface area contributed by atoms with E-state index < -0.39 is 0 Å². The van der Waals surface area contributed by atoms with Crippen molar-refractivity contribution in [1.29, 1.82) is 0 Å². The molecule has 0 aliphatic carbocycles. The quantitative estimate of drug-likeness (QED) is 0.570. The second-order valence-corrected chi connectivity index (χ2v) is 4.12. The molecule has 0 radical (unpaired) electrons. The number of hydrogen-bond donors (Lipinski definition) is 0. The van der Waals surface area contributed by atoms with Gasteiger partial charge in [0.15, 0.2) is 6.29 Å². The number of ether oxygens (including phenoxy) is 3. The van der Waals surface area contributed by atoms with E-state index >= 15 is 0 Å². The second kappa shape index (κ2) is 7.65. The topological polar surface area (TPSA) is 27.7 Å². The van der Waals surface area contributed by atoms with Crippen LogP contribution in [-0.2, 0) is 9.47 Å². The van der Waals surface area contributed by atoms with Crippen molar-refractivity contribution < 1.29 is 14.2 Å². The highest BCUT2D eigenvalue weighted by Gasteiger charge is 2.00. The lowest BCUT2D eigenvalue weighted by atomic mass is 10.3. The summed E-state index contributed by atoms with van der Waals surface area (Å²) in [6.07, 6.45) is -0.170. The van der Waals surface area contributed by atoms with E-state index in [1.165, 1.54) is 0 Å². The first-order valence-corrected chi connectivity index (χ1v) is 6.13. The zero-order chi connectivity index (χ0) is 11.8. The van der Waals surface area contributed by atoms with Crippen molar-refractivity contribution in [3.05, 3.63) is 28.7 Å². The lowest BCUT2D eigenvalue weighted by Gasteiger charge is -2.13. The minimum Gasteiger partial charge on any atom is -0.491 e. The van der Waals surface area contributed by atoms with Crippen LogP contribution >= 0.6 is 15.9 Å². The Labute approximate surface area is 105 Å². The van der Waals surface area contributed by atoms with Crippen LogP contribution in [0.1, 0.15) is 13.8 Å². The van der Waals surface area contributed by atoms with E-state index in [-0.39, 0.29) is 6.29 Å². The lowest BCUT2D eigenvalue weighted by Crippen LogP contribution is -2.17. The average molecular weight is 289 g/mol. The lowest BCUT2D eigenvalue weighted by molar-refractivity contribution is -0.131. The molecule has 4 heteroatoms. The summed E-state index contributed by atoms with van der Waals surface area (Å²) in [6, 6.07) is 7.73. The summed E-state index contributed by atoms with van der Waals surface area (Å²) in [5, 5.41) is 0. The Hall–Kier alpha value is -0.580. The van der Waals surface area contributed by atoms with E-state index in [9.17, 15) is 0 Å². The largest absolute Gasteiger partial charge is 0.491 e. The van der Waals surface area contributed by atoms with E-state index in [4.69, 9.17) is 14.2 Å². The van der Waals surface area contributed by atoms with Gasteiger partial charge in [-0.3, -0.25) is 0 Å². The van der Waals surface area contributed by atoms with E-state index in [1.807, 2.05) is 38.1 Å². The van der Waals surface area contributed by atoms with Crippen molar-refractivity contribution in [2.24, 2.45) is 0 Å². The van der Waals surface area contributed by atoms with Crippen LogP contribution < -0.4 is 4.74 Å². The Kier molecular flexibility index (Phi) is 6.45. The Morgan fingerprint density at radius 3 is 2.75 bits per heavy atom. The summed E-state index contributed by atoms with van der Waals surface area (Å²) in [5.74, 6) is 0.835. The monoisotopic (exact) mass is 288 g/mol. The van der Waals surface area contributed by atoms with Gasteiger partial charge in [-0.25, -0.2) is 0 Å². The van der Waals surface area contributed by atoms with E-state index in [2.05, 4.69) is 15.9 Å². The molecule has 0 N–H and O–H groups in total. The summed E-state index contributed by atoms with van der Waals surface area (Å²) in [7, 11) is 0. The minimum atomic E-state index is -0.170. The molecule has 0 aliphatic heterocycles. The first kappa shape index (κ1) is 13.5.